The summed E-state index contributed by atoms with van der Waals surface area (Å²) in [6.07, 6.45) is 4.23. The average molecular weight is 332 g/mol. The van der Waals surface area contributed by atoms with Crippen LogP contribution in [-0.4, -0.2) is 17.4 Å². The molecule has 0 saturated heterocycles. The quantitative estimate of drug-likeness (QED) is 0.802. The van der Waals surface area contributed by atoms with Gasteiger partial charge in [0, 0.05) is 30.5 Å². The zero-order chi connectivity index (χ0) is 16.7. The first-order chi connectivity index (χ1) is 11.1. The van der Waals surface area contributed by atoms with Gasteiger partial charge in [0.1, 0.15) is 0 Å². The van der Waals surface area contributed by atoms with E-state index < -0.39 is 0 Å². The largest absolute Gasteiger partial charge is 0.380 e. The van der Waals surface area contributed by atoms with Crippen LogP contribution in [0.2, 0.25) is 5.02 Å². The van der Waals surface area contributed by atoms with Crippen molar-refractivity contribution in [3.63, 3.8) is 0 Å². The van der Waals surface area contributed by atoms with Crippen LogP contribution in [0.4, 0.5) is 5.69 Å². The molecule has 0 saturated carbocycles. The molecule has 2 rings (SSSR count). The summed E-state index contributed by atoms with van der Waals surface area (Å²) in [6.45, 7) is 5.52. The van der Waals surface area contributed by atoms with E-state index in [2.05, 4.69) is 29.5 Å². The van der Waals surface area contributed by atoms with Crippen molar-refractivity contribution in [1.29, 1.82) is 0 Å². The Morgan fingerprint density at radius 1 is 1.26 bits per heavy atom. The molecular formula is C18H22ClN3O. The lowest BCUT2D eigenvalue weighted by Gasteiger charge is -2.10. The number of aromatic nitrogens is 1. The SMILES string of the molecule is CC(C)CCNC(=O)c1cncc(NCc2ccccc2Cl)c1. The zero-order valence-electron chi connectivity index (χ0n) is 13.5. The molecule has 1 aromatic carbocycles. The molecule has 2 N–H and O–H groups in total. The summed E-state index contributed by atoms with van der Waals surface area (Å²) >= 11 is 6.14. The molecule has 122 valence electrons. The van der Waals surface area contributed by atoms with Gasteiger partial charge in [-0.3, -0.25) is 9.78 Å². The van der Waals surface area contributed by atoms with Crippen LogP contribution in [0.25, 0.3) is 0 Å². The van der Waals surface area contributed by atoms with Crippen molar-refractivity contribution < 1.29 is 4.79 Å². The van der Waals surface area contributed by atoms with Crippen LogP contribution >= 0.6 is 11.6 Å². The number of halogens is 1. The minimum absolute atomic E-state index is 0.0976. The molecule has 0 aliphatic carbocycles. The fourth-order valence-electron chi connectivity index (χ4n) is 2.08. The molecule has 5 heteroatoms. The molecule has 1 amide bonds. The van der Waals surface area contributed by atoms with Crippen LogP contribution in [0.1, 0.15) is 36.2 Å². The summed E-state index contributed by atoms with van der Waals surface area (Å²) in [5.41, 5.74) is 2.35. The number of rotatable bonds is 7. The molecule has 23 heavy (non-hydrogen) atoms. The van der Waals surface area contributed by atoms with Crippen molar-refractivity contribution in [2.24, 2.45) is 5.92 Å². The molecule has 1 heterocycles. The highest BCUT2D eigenvalue weighted by Crippen LogP contribution is 2.17. The van der Waals surface area contributed by atoms with Crippen molar-refractivity contribution in [3.05, 3.63) is 58.9 Å². The summed E-state index contributed by atoms with van der Waals surface area (Å²) in [5, 5.41) is 6.88. The smallest absolute Gasteiger partial charge is 0.252 e. The van der Waals surface area contributed by atoms with Crippen LogP contribution in [0.5, 0.6) is 0 Å². The predicted octanol–water partition coefficient (Wildman–Crippen LogP) is 4.12. The van der Waals surface area contributed by atoms with E-state index in [9.17, 15) is 4.79 Å². The number of nitrogens with zero attached hydrogens (tertiary/aromatic N) is 1. The number of carbonyl (C=O) groups is 1. The Morgan fingerprint density at radius 2 is 2.04 bits per heavy atom. The molecule has 0 spiro atoms. The number of hydrogen-bond acceptors (Lipinski definition) is 3. The van der Waals surface area contributed by atoms with Crippen molar-refractivity contribution in [1.82, 2.24) is 10.3 Å². The number of hydrogen-bond donors (Lipinski definition) is 2. The maximum Gasteiger partial charge on any atom is 0.252 e. The maximum atomic E-state index is 12.1. The maximum absolute atomic E-state index is 12.1. The zero-order valence-corrected chi connectivity index (χ0v) is 14.2. The van der Waals surface area contributed by atoms with Gasteiger partial charge in [0.15, 0.2) is 0 Å². The molecule has 0 radical (unpaired) electrons. The minimum atomic E-state index is -0.0976. The van der Waals surface area contributed by atoms with E-state index in [4.69, 9.17) is 11.6 Å². The molecule has 0 unspecified atom stereocenters. The topological polar surface area (TPSA) is 54.0 Å². The highest BCUT2D eigenvalue weighted by atomic mass is 35.5. The van der Waals surface area contributed by atoms with Gasteiger partial charge in [-0.25, -0.2) is 0 Å². The lowest BCUT2D eigenvalue weighted by atomic mass is 10.1. The second-order valence-electron chi connectivity index (χ2n) is 5.85. The first kappa shape index (κ1) is 17.3. The molecule has 2 aromatic rings. The molecule has 0 aliphatic rings. The summed E-state index contributed by atoms with van der Waals surface area (Å²) in [6, 6.07) is 9.46. The van der Waals surface area contributed by atoms with E-state index in [0.717, 1.165) is 22.7 Å². The molecule has 0 bridgehead atoms. The third kappa shape index (κ3) is 5.57. The lowest BCUT2D eigenvalue weighted by Crippen LogP contribution is -2.25. The lowest BCUT2D eigenvalue weighted by molar-refractivity contribution is 0.0951. The van der Waals surface area contributed by atoms with Gasteiger partial charge in [-0.2, -0.15) is 0 Å². The van der Waals surface area contributed by atoms with Crippen molar-refractivity contribution in [2.45, 2.75) is 26.8 Å². The van der Waals surface area contributed by atoms with Crippen LogP contribution in [0.15, 0.2) is 42.7 Å². The van der Waals surface area contributed by atoms with Crippen LogP contribution < -0.4 is 10.6 Å². The second kappa shape index (κ2) is 8.53. The second-order valence-corrected chi connectivity index (χ2v) is 6.25. The van der Waals surface area contributed by atoms with Crippen molar-refractivity contribution in [3.8, 4) is 0 Å². The highest BCUT2D eigenvalue weighted by Gasteiger charge is 2.07. The van der Waals surface area contributed by atoms with Crippen molar-refractivity contribution >= 4 is 23.2 Å². The van der Waals surface area contributed by atoms with Gasteiger partial charge in [-0.15, -0.1) is 0 Å². The molecule has 0 atom stereocenters. The first-order valence-corrected chi connectivity index (χ1v) is 8.14. The van der Waals surface area contributed by atoms with E-state index in [1.165, 1.54) is 0 Å². The summed E-state index contributed by atoms with van der Waals surface area (Å²) in [4.78, 5) is 16.2. The highest BCUT2D eigenvalue weighted by molar-refractivity contribution is 6.31. The van der Waals surface area contributed by atoms with E-state index in [1.807, 2.05) is 24.3 Å². The van der Waals surface area contributed by atoms with Crippen molar-refractivity contribution in [2.75, 3.05) is 11.9 Å². The Kier molecular flexibility index (Phi) is 6.41. The van der Waals surface area contributed by atoms with Crippen LogP contribution in [-0.2, 0) is 6.54 Å². The summed E-state index contributed by atoms with van der Waals surface area (Å²) < 4.78 is 0. The fraction of sp³-hybridized carbons (Fsp3) is 0.333. The predicted molar refractivity (Wildman–Crippen MR) is 94.8 cm³/mol. The number of carbonyl (C=O) groups excluding carboxylic acids is 1. The monoisotopic (exact) mass is 331 g/mol. The number of amides is 1. The number of pyridine rings is 1. The normalized spacial score (nSPS) is 10.6. The van der Waals surface area contributed by atoms with Gasteiger partial charge in [-0.1, -0.05) is 43.6 Å². The average Bonchev–Trinajstić information content (AvgIpc) is 2.54. The van der Waals surface area contributed by atoms with Crippen LogP contribution in [0, 0.1) is 5.92 Å². The van der Waals surface area contributed by atoms with Gasteiger partial charge in [-0.05, 0) is 30.0 Å². The Morgan fingerprint density at radius 3 is 2.78 bits per heavy atom. The van der Waals surface area contributed by atoms with E-state index in [0.29, 0.717) is 24.6 Å². The number of benzene rings is 1. The third-order valence-electron chi connectivity index (χ3n) is 3.45. The Hall–Kier alpha value is -2.07. The van der Waals surface area contributed by atoms with E-state index >= 15 is 0 Å². The van der Waals surface area contributed by atoms with Gasteiger partial charge < -0.3 is 10.6 Å². The summed E-state index contributed by atoms with van der Waals surface area (Å²) in [7, 11) is 0. The number of anilines is 1. The fourth-order valence-corrected chi connectivity index (χ4v) is 2.28. The minimum Gasteiger partial charge on any atom is -0.380 e. The Balaban J connectivity index is 1.94. The molecule has 1 aromatic heterocycles. The van der Waals surface area contributed by atoms with Gasteiger partial charge in [0.05, 0.1) is 11.3 Å². The summed E-state index contributed by atoms with van der Waals surface area (Å²) in [5.74, 6) is 0.469. The number of nitrogens with one attached hydrogen (secondary N) is 2. The molecule has 0 fully saturated rings. The molecule has 4 nitrogen and oxygen atoms in total. The Labute approximate surface area is 142 Å². The Bertz CT molecular complexity index is 658. The van der Waals surface area contributed by atoms with Crippen LogP contribution in [0.3, 0.4) is 0 Å². The first-order valence-electron chi connectivity index (χ1n) is 7.77. The third-order valence-corrected chi connectivity index (χ3v) is 3.82. The molecular weight excluding hydrogens is 310 g/mol. The van der Waals surface area contributed by atoms with E-state index in [-0.39, 0.29) is 5.91 Å². The van der Waals surface area contributed by atoms with Gasteiger partial charge in [0.25, 0.3) is 5.91 Å². The van der Waals surface area contributed by atoms with Gasteiger partial charge >= 0.3 is 0 Å². The standard InChI is InChI=1S/C18H22ClN3O/c1-13(2)7-8-21-18(23)15-9-16(12-20-10-15)22-11-14-5-3-4-6-17(14)19/h3-6,9-10,12-13,22H,7-8,11H2,1-2H3,(H,21,23). The molecule has 0 aliphatic heterocycles. The van der Waals surface area contributed by atoms with E-state index in [1.54, 1.807) is 18.5 Å². The van der Waals surface area contributed by atoms with Gasteiger partial charge in [0.2, 0.25) is 0 Å².